The number of aromatic nitrogens is 3. The molecule has 0 N–H and O–H groups in total. The van der Waals surface area contributed by atoms with Crippen LogP contribution >= 0.6 is 15.9 Å². The lowest BCUT2D eigenvalue weighted by Crippen LogP contribution is -2.39. The second-order valence-corrected chi connectivity index (χ2v) is 7.04. The van der Waals surface area contributed by atoms with Crippen LogP contribution in [0, 0.1) is 0 Å². The molecule has 0 radical (unpaired) electrons. The van der Waals surface area contributed by atoms with Crippen LogP contribution in [-0.2, 0) is 7.05 Å². The molecule has 3 heterocycles. The second-order valence-electron chi connectivity index (χ2n) is 6.12. The van der Waals surface area contributed by atoms with Crippen LogP contribution in [0.15, 0.2) is 47.3 Å². The molecule has 3 aromatic rings. The SMILES string of the molecule is Cn1ccc2c(OC3CCN(c4ncc(Br)cn4)CC3)cccc21. The van der Waals surface area contributed by atoms with Gasteiger partial charge in [-0.15, -0.1) is 0 Å². The number of aryl methyl sites for hydroxylation is 1. The molecule has 0 aliphatic carbocycles. The van der Waals surface area contributed by atoms with Gasteiger partial charge >= 0.3 is 0 Å². The van der Waals surface area contributed by atoms with Gasteiger partial charge in [-0.1, -0.05) is 6.07 Å². The molecule has 24 heavy (non-hydrogen) atoms. The molecule has 0 unspecified atom stereocenters. The van der Waals surface area contributed by atoms with Gasteiger partial charge in [0.05, 0.1) is 9.99 Å². The lowest BCUT2D eigenvalue weighted by Gasteiger charge is -2.32. The Labute approximate surface area is 149 Å². The Bertz CT molecular complexity index is 838. The Morgan fingerprint density at radius 1 is 1.12 bits per heavy atom. The number of nitrogens with zero attached hydrogens (tertiary/aromatic N) is 4. The number of piperidine rings is 1. The summed E-state index contributed by atoms with van der Waals surface area (Å²) in [5.74, 6) is 1.77. The summed E-state index contributed by atoms with van der Waals surface area (Å²) in [6.45, 7) is 1.83. The summed E-state index contributed by atoms with van der Waals surface area (Å²) < 4.78 is 9.32. The van der Waals surface area contributed by atoms with E-state index >= 15 is 0 Å². The van der Waals surface area contributed by atoms with E-state index in [4.69, 9.17) is 4.74 Å². The standard InChI is InChI=1S/C18H19BrN4O/c1-22-8-7-15-16(22)3-2-4-17(15)24-14-5-9-23(10-6-14)18-20-11-13(19)12-21-18/h2-4,7-8,11-12,14H,5-6,9-10H2,1H3. The zero-order chi connectivity index (χ0) is 16.5. The molecule has 1 aromatic carbocycles. The number of hydrogen-bond donors (Lipinski definition) is 0. The minimum atomic E-state index is 0.238. The summed E-state index contributed by atoms with van der Waals surface area (Å²) in [5, 5.41) is 1.18. The normalized spacial score (nSPS) is 15.8. The van der Waals surface area contributed by atoms with Gasteiger partial charge in [0.25, 0.3) is 0 Å². The average molecular weight is 387 g/mol. The molecule has 0 bridgehead atoms. The third-order valence-electron chi connectivity index (χ3n) is 4.51. The number of rotatable bonds is 3. The van der Waals surface area contributed by atoms with Crippen LogP contribution in [0.5, 0.6) is 5.75 Å². The molecule has 124 valence electrons. The van der Waals surface area contributed by atoms with Crippen molar-refractivity contribution < 1.29 is 4.74 Å². The highest BCUT2D eigenvalue weighted by Crippen LogP contribution is 2.29. The third-order valence-corrected chi connectivity index (χ3v) is 4.92. The molecule has 4 rings (SSSR count). The summed E-state index contributed by atoms with van der Waals surface area (Å²) in [6.07, 6.45) is 7.85. The second kappa shape index (κ2) is 6.43. The first-order chi connectivity index (χ1) is 11.7. The topological polar surface area (TPSA) is 43.2 Å². The molecule has 1 fully saturated rings. The molecule has 1 aliphatic rings. The zero-order valence-corrected chi connectivity index (χ0v) is 15.1. The zero-order valence-electron chi connectivity index (χ0n) is 13.5. The van der Waals surface area contributed by atoms with Crippen molar-refractivity contribution >= 4 is 32.8 Å². The van der Waals surface area contributed by atoms with E-state index in [0.717, 1.165) is 42.1 Å². The van der Waals surface area contributed by atoms with Crippen LogP contribution in [-0.4, -0.2) is 33.7 Å². The average Bonchev–Trinajstić information content (AvgIpc) is 2.99. The van der Waals surface area contributed by atoms with Crippen LogP contribution in [0.2, 0.25) is 0 Å². The minimum absolute atomic E-state index is 0.238. The predicted molar refractivity (Wildman–Crippen MR) is 98.5 cm³/mol. The Morgan fingerprint density at radius 3 is 2.62 bits per heavy atom. The molecule has 0 atom stereocenters. The lowest BCUT2D eigenvalue weighted by atomic mass is 10.1. The van der Waals surface area contributed by atoms with Gasteiger partial charge in [0, 0.05) is 57.0 Å². The summed E-state index contributed by atoms with van der Waals surface area (Å²) >= 11 is 3.37. The van der Waals surface area contributed by atoms with Gasteiger partial charge < -0.3 is 14.2 Å². The summed E-state index contributed by atoms with van der Waals surface area (Å²) in [4.78, 5) is 11.0. The van der Waals surface area contributed by atoms with Crippen molar-refractivity contribution in [2.24, 2.45) is 7.05 Å². The molecule has 0 amide bonds. The van der Waals surface area contributed by atoms with Gasteiger partial charge in [-0.2, -0.15) is 0 Å². The summed E-state index contributed by atoms with van der Waals surface area (Å²) in [7, 11) is 2.06. The van der Waals surface area contributed by atoms with E-state index in [1.165, 1.54) is 10.9 Å². The molecule has 0 saturated carbocycles. The van der Waals surface area contributed by atoms with Crippen molar-refractivity contribution in [2.75, 3.05) is 18.0 Å². The minimum Gasteiger partial charge on any atom is -0.490 e. The Balaban J connectivity index is 1.43. The first-order valence-corrected chi connectivity index (χ1v) is 8.93. The Morgan fingerprint density at radius 2 is 1.88 bits per heavy atom. The first-order valence-electron chi connectivity index (χ1n) is 8.14. The fraction of sp³-hybridized carbons (Fsp3) is 0.333. The van der Waals surface area contributed by atoms with E-state index in [2.05, 4.69) is 72.9 Å². The highest BCUT2D eigenvalue weighted by atomic mass is 79.9. The number of halogens is 1. The highest BCUT2D eigenvalue weighted by Gasteiger charge is 2.22. The molecule has 6 heteroatoms. The van der Waals surface area contributed by atoms with Crippen molar-refractivity contribution in [1.29, 1.82) is 0 Å². The van der Waals surface area contributed by atoms with E-state index in [9.17, 15) is 0 Å². The predicted octanol–water partition coefficient (Wildman–Crippen LogP) is 3.78. The largest absolute Gasteiger partial charge is 0.490 e. The van der Waals surface area contributed by atoms with E-state index in [-0.39, 0.29) is 6.10 Å². The van der Waals surface area contributed by atoms with Crippen LogP contribution in [0.1, 0.15) is 12.8 Å². The van der Waals surface area contributed by atoms with Crippen molar-refractivity contribution in [2.45, 2.75) is 18.9 Å². The Kier molecular flexibility index (Phi) is 4.14. The maximum atomic E-state index is 6.30. The van der Waals surface area contributed by atoms with Crippen LogP contribution < -0.4 is 9.64 Å². The summed E-state index contributed by atoms with van der Waals surface area (Å²) in [6, 6.07) is 8.36. The fourth-order valence-electron chi connectivity index (χ4n) is 3.20. The van der Waals surface area contributed by atoms with Gasteiger partial charge in [-0.3, -0.25) is 0 Å². The molecule has 5 nitrogen and oxygen atoms in total. The maximum Gasteiger partial charge on any atom is 0.225 e. The van der Waals surface area contributed by atoms with Crippen molar-refractivity contribution in [3.8, 4) is 5.75 Å². The van der Waals surface area contributed by atoms with Gasteiger partial charge in [0.15, 0.2) is 0 Å². The van der Waals surface area contributed by atoms with Crippen LogP contribution in [0.3, 0.4) is 0 Å². The van der Waals surface area contributed by atoms with Crippen molar-refractivity contribution in [3.05, 3.63) is 47.3 Å². The fourth-order valence-corrected chi connectivity index (χ4v) is 3.40. The monoisotopic (exact) mass is 386 g/mol. The molecule has 2 aromatic heterocycles. The number of benzene rings is 1. The van der Waals surface area contributed by atoms with E-state index in [1.54, 1.807) is 12.4 Å². The molecule has 0 spiro atoms. The molecule has 1 aliphatic heterocycles. The number of hydrogen-bond acceptors (Lipinski definition) is 4. The lowest BCUT2D eigenvalue weighted by molar-refractivity contribution is 0.172. The quantitative estimate of drug-likeness (QED) is 0.686. The van der Waals surface area contributed by atoms with Crippen LogP contribution in [0.4, 0.5) is 5.95 Å². The van der Waals surface area contributed by atoms with Crippen molar-refractivity contribution in [1.82, 2.24) is 14.5 Å². The molecular formula is C18H19BrN4O. The van der Waals surface area contributed by atoms with E-state index in [1.807, 2.05) is 0 Å². The summed E-state index contributed by atoms with van der Waals surface area (Å²) in [5.41, 5.74) is 1.20. The van der Waals surface area contributed by atoms with Gasteiger partial charge in [-0.25, -0.2) is 9.97 Å². The van der Waals surface area contributed by atoms with E-state index in [0.29, 0.717) is 0 Å². The number of ether oxygens (including phenoxy) is 1. The third kappa shape index (κ3) is 2.98. The number of anilines is 1. The molecule has 1 saturated heterocycles. The van der Waals surface area contributed by atoms with Crippen molar-refractivity contribution in [3.63, 3.8) is 0 Å². The van der Waals surface area contributed by atoms with E-state index < -0.39 is 0 Å². The Hall–Kier alpha value is -2.08. The van der Waals surface area contributed by atoms with Gasteiger partial charge in [-0.05, 0) is 34.1 Å². The smallest absolute Gasteiger partial charge is 0.225 e. The maximum absolute atomic E-state index is 6.30. The first kappa shape index (κ1) is 15.4. The highest BCUT2D eigenvalue weighted by molar-refractivity contribution is 9.10. The molecular weight excluding hydrogens is 368 g/mol. The van der Waals surface area contributed by atoms with Gasteiger partial charge in [0.2, 0.25) is 5.95 Å². The number of fused-ring (bicyclic) bond motifs is 1. The van der Waals surface area contributed by atoms with Crippen LogP contribution in [0.25, 0.3) is 10.9 Å². The van der Waals surface area contributed by atoms with Gasteiger partial charge in [0.1, 0.15) is 11.9 Å².